The number of nitrogens with zero attached hydrogens (tertiary/aromatic N) is 5. The predicted molar refractivity (Wildman–Crippen MR) is 500 cm³/mol. The fourth-order valence-electron chi connectivity index (χ4n) is 17.1. The van der Waals surface area contributed by atoms with Crippen LogP contribution in [0.5, 0.6) is 0 Å². The molecular formula is C101H118Cl4N12O6. The van der Waals surface area contributed by atoms with Crippen molar-refractivity contribution in [2.45, 2.75) is 145 Å². The number of para-hydroxylation sites is 1. The molecule has 8 N–H and O–H groups in total. The van der Waals surface area contributed by atoms with Crippen molar-refractivity contribution < 1.29 is 28.8 Å². The van der Waals surface area contributed by atoms with E-state index in [1.54, 1.807) is 36.4 Å². The van der Waals surface area contributed by atoms with E-state index in [9.17, 15) is 28.8 Å². The van der Waals surface area contributed by atoms with Gasteiger partial charge in [-0.1, -0.05) is 267 Å². The number of nitrogens with one attached hydrogen (secondary N) is 6. The molecule has 14 rings (SSSR count). The molecule has 0 aromatic heterocycles. The molecule has 6 amide bonds. The number of halogens is 4. The predicted octanol–water partition coefficient (Wildman–Crippen LogP) is 17.1. The third-order valence-corrected chi connectivity index (χ3v) is 25.7. The first-order valence-electron chi connectivity index (χ1n) is 43.7. The lowest BCUT2D eigenvalue weighted by atomic mass is 9.90. The van der Waals surface area contributed by atoms with Crippen molar-refractivity contribution in [2.24, 2.45) is 0 Å². The zero-order valence-electron chi connectivity index (χ0n) is 70.9. The Morgan fingerprint density at radius 2 is 0.829 bits per heavy atom. The largest absolute Gasteiger partial charge is 0.399 e. The van der Waals surface area contributed by atoms with Crippen molar-refractivity contribution in [2.75, 3.05) is 97.9 Å². The number of amides is 6. The van der Waals surface area contributed by atoms with E-state index < -0.39 is 6.04 Å². The van der Waals surface area contributed by atoms with Gasteiger partial charge in [-0.05, 0) is 183 Å². The Kier molecular flexibility index (Phi) is 35.4. The van der Waals surface area contributed by atoms with Gasteiger partial charge in [0.05, 0.1) is 38.2 Å². The van der Waals surface area contributed by atoms with Crippen molar-refractivity contribution in [3.63, 3.8) is 0 Å². The second-order valence-electron chi connectivity index (χ2n) is 32.9. The van der Waals surface area contributed by atoms with Crippen LogP contribution in [0.4, 0.5) is 5.69 Å². The molecule has 4 heterocycles. The molecule has 22 heteroatoms. The van der Waals surface area contributed by atoms with Crippen LogP contribution in [0.15, 0.2) is 255 Å². The van der Waals surface area contributed by atoms with Crippen molar-refractivity contribution >= 4 is 98.3 Å². The molecule has 0 bridgehead atoms. The van der Waals surface area contributed by atoms with Crippen LogP contribution in [0.3, 0.4) is 0 Å². The maximum Gasteiger partial charge on any atom is 0.251 e. The van der Waals surface area contributed by atoms with Gasteiger partial charge in [0.2, 0.25) is 17.7 Å². The lowest BCUT2D eigenvalue weighted by molar-refractivity contribution is -0.134. The SMILES string of the molecule is CC[C@H](CN1CC[C@@H](CNC(=O)c2ccc(Cl)c(Cl)c2)N[C@@H](CCN(C)Cc2ccccc2)C1=O)c1ccccc1.CC[C@H](CN1CC[C@@H](CNC(=O)c2ccc(Cl)c(Cl)c2)N[C@@H](CCN2CCCCC2)C1=O)c1ccccc1.Nc1ccccc1C[C@@H]1N[C@H](CNC(=O)c2ccc3ccccc3c2)CCN(CC(c2ccccc2)c2ccccc2)C1=O. The van der Waals surface area contributed by atoms with E-state index in [1.807, 2.05) is 143 Å². The van der Waals surface area contributed by atoms with Gasteiger partial charge in [-0.3, -0.25) is 28.8 Å². The minimum absolute atomic E-state index is 0.00108. The molecule has 646 valence electrons. The number of hydrogen-bond donors (Lipinski definition) is 7. The molecule has 4 fully saturated rings. The first-order valence-corrected chi connectivity index (χ1v) is 45.2. The molecule has 0 aliphatic carbocycles. The lowest BCUT2D eigenvalue weighted by Gasteiger charge is -2.31. The van der Waals surface area contributed by atoms with Crippen molar-refractivity contribution in [1.82, 2.24) is 56.4 Å². The minimum atomic E-state index is -0.475. The molecule has 0 radical (unpaired) electrons. The Hall–Kier alpha value is -9.96. The lowest BCUT2D eigenvalue weighted by Crippen LogP contribution is -2.50. The molecule has 4 aliphatic heterocycles. The van der Waals surface area contributed by atoms with Crippen molar-refractivity contribution in [3.8, 4) is 0 Å². The molecule has 4 saturated heterocycles. The molecule has 10 aromatic carbocycles. The van der Waals surface area contributed by atoms with E-state index >= 15 is 0 Å². The number of benzene rings is 10. The molecule has 0 unspecified atom stereocenters. The molecular weight excluding hydrogens is 1620 g/mol. The Bertz CT molecular complexity index is 5000. The second-order valence-corrected chi connectivity index (χ2v) is 34.6. The molecule has 8 atom stereocenters. The highest BCUT2D eigenvalue weighted by atomic mass is 35.5. The number of carbonyl (C=O) groups excluding carboxylic acids is 6. The molecule has 4 aliphatic rings. The maximum absolute atomic E-state index is 14.2. The zero-order chi connectivity index (χ0) is 86.4. The van der Waals surface area contributed by atoms with Crippen LogP contribution in [0.25, 0.3) is 10.8 Å². The average Bonchev–Trinajstić information content (AvgIpc) is 1.80. The van der Waals surface area contributed by atoms with Gasteiger partial charge in [-0.2, -0.15) is 0 Å². The summed E-state index contributed by atoms with van der Waals surface area (Å²) >= 11 is 24.2. The smallest absolute Gasteiger partial charge is 0.251 e. The monoisotopic (exact) mass is 1730 g/mol. The fraction of sp³-hybridized carbons (Fsp3) is 0.366. The first-order chi connectivity index (χ1) is 59.8. The topological polar surface area (TPSA) is 217 Å². The normalized spacial score (nSPS) is 18.9. The highest BCUT2D eigenvalue weighted by Crippen LogP contribution is 2.31. The summed E-state index contributed by atoms with van der Waals surface area (Å²) in [5.74, 6) is 0.426. The minimum Gasteiger partial charge on any atom is -0.399 e. The van der Waals surface area contributed by atoms with E-state index in [0.29, 0.717) is 127 Å². The molecule has 10 aromatic rings. The molecule has 0 spiro atoms. The summed E-state index contributed by atoms with van der Waals surface area (Å²) < 4.78 is 0. The van der Waals surface area contributed by atoms with E-state index in [-0.39, 0.29) is 77.5 Å². The van der Waals surface area contributed by atoms with Gasteiger partial charge in [-0.15, -0.1) is 0 Å². The Morgan fingerprint density at radius 1 is 0.431 bits per heavy atom. The number of likely N-dealkylation sites (tertiary alicyclic amines) is 1. The summed E-state index contributed by atoms with van der Waals surface area (Å²) in [6, 6.07) is 82.0. The Balaban J connectivity index is 0.000000169. The standard InChI is InChI=1S/C38H38N4O2.C33H40Cl2N4O2.C30H40Cl2N4O2/c39-35-18-10-9-17-31(35)24-36-38(44)42(26-34(28-12-3-1-4-13-28)29-14-5-2-6-15-29)22-21-33(41-36)25-40-37(43)32-20-19-27-11-7-8-16-30(27)23-32;1-3-25(26-12-8-5-9-13-26)23-39-19-16-28(21-36-32(40)27-14-15-29(34)30(35)20-27)37-31(33(39)41)17-18-38(2)22-24-10-6-4-7-11-24;1-2-22(23-9-5-3-6-10-23)21-36-18-13-25(20-33-29(37)24-11-12-26(31)27(32)19-24)34-28(30(36)38)14-17-35-15-7-4-8-16-35/h1-20,23,33-34,36,41H,21-22,24-26,39H2,(H,40,43);4-15,20,25,28,31,37H,3,16-19,21-23H2,1-2H3,(H,36,40);3,5-6,9-12,19,22,25,28,34H,2,4,7-8,13-18,20-21H2,1H3,(H,33,37)/t33-,36-;25-,28+,31+;22-,25+,28+/m011/s1. The summed E-state index contributed by atoms with van der Waals surface area (Å²) in [6.45, 7) is 14.2. The van der Waals surface area contributed by atoms with Crippen LogP contribution >= 0.6 is 46.4 Å². The Labute approximate surface area is 746 Å². The van der Waals surface area contributed by atoms with Crippen LogP contribution in [0, 0.1) is 0 Å². The number of nitrogens with two attached hydrogens (primary N) is 1. The quantitative estimate of drug-likeness (QED) is 0.0202. The van der Waals surface area contributed by atoms with Gasteiger partial charge < -0.3 is 62.1 Å². The number of piperidine rings is 1. The van der Waals surface area contributed by atoms with Crippen molar-refractivity contribution in [1.29, 1.82) is 0 Å². The fourth-order valence-corrected chi connectivity index (χ4v) is 17.7. The van der Waals surface area contributed by atoms with E-state index in [1.165, 1.54) is 47.1 Å². The highest BCUT2D eigenvalue weighted by Gasteiger charge is 2.37. The number of rotatable bonds is 31. The number of hydrogen-bond acceptors (Lipinski definition) is 12. The molecule has 0 saturated carbocycles. The van der Waals surface area contributed by atoms with E-state index in [4.69, 9.17) is 52.1 Å². The van der Waals surface area contributed by atoms with E-state index in [0.717, 1.165) is 81.2 Å². The number of carbonyl (C=O) groups is 6. The van der Waals surface area contributed by atoms with Crippen molar-refractivity contribution in [3.05, 3.63) is 325 Å². The third-order valence-electron chi connectivity index (χ3n) is 24.3. The molecule has 123 heavy (non-hydrogen) atoms. The number of fused-ring (bicyclic) bond motifs is 1. The maximum atomic E-state index is 14.2. The number of nitrogen functional groups attached to an aromatic ring is 1. The average molecular weight is 1740 g/mol. The second kappa shape index (κ2) is 47.2. The summed E-state index contributed by atoms with van der Waals surface area (Å²) in [5, 5.41) is 23.6. The van der Waals surface area contributed by atoms with E-state index in [2.05, 4.69) is 152 Å². The van der Waals surface area contributed by atoms with Gasteiger partial charge in [-0.25, -0.2) is 0 Å². The summed E-state index contributed by atoms with van der Waals surface area (Å²) in [4.78, 5) is 91.6. The first kappa shape index (κ1) is 92.2. The zero-order valence-corrected chi connectivity index (χ0v) is 73.9. The summed E-state index contributed by atoms with van der Waals surface area (Å²) in [6.07, 6.45) is 9.84. The molecule has 18 nitrogen and oxygen atoms in total. The van der Waals surface area contributed by atoms with Crippen LogP contribution < -0.4 is 37.6 Å². The highest BCUT2D eigenvalue weighted by molar-refractivity contribution is 6.42. The van der Waals surface area contributed by atoms with Crippen LogP contribution in [-0.2, 0) is 27.3 Å². The number of anilines is 1. The van der Waals surface area contributed by atoms with Gasteiger partial charge in [0.25, 0.3) is 17.7 Å². The van der Waals surface area contributed by atoms with Gasteiger partial charge in [0.1, 0.15) is 0 Å². The van der Waals surface area contributed by atoms with Gasteiger partial charge in [0, 0.05) is 137 Å². The summed E-state index contributed by atoms with van der Waals surface area (Å²) in [7, 11) is 2.09. The summed E-state index contributed by atoms with van der Waals surface area (Å²) in [5.41, 5.74) is 15.6. The van der Waals surface area contributed by atoms with Gasteiger partial charge in [0.15, 0.2) is 0 Å². The van der Waals surface area contributed by atoms with Crippen LogP contribution in [-0.4, -0.2) is 188 Å². The van der Waals surface area contributed by atoms with Gasteiger partial charge >= 0.3 is 0 Å². The Morgan fingerprint density at radius 3 is 1.30 bits per heavy atom. The third kappa shape index (κ3) is 27.3. The van der Waals surface area contributed by atoms with Crippen LogP contribution in [0.2, 0.25) is 20.1 Å². The van der Waals surface area contributed by atoms with Crippen LogP contribution in [0.1, 0.15) is 160 Å².